The molecule has 2 aromatic carbocycles. The van der Waals surface area contributed by atoms with E-state index in [-0.39, 0.29) is 26.2 Å². The van der Waals surface area contributed by atoms with E-state index in [1.165, 1.54) is 18.2 Å². The van der Waals surface area contributed by atoms with Gasteiger partial charge < -0.3 is 0 Å². The fourth-order valence-electron chi connectivity index (χ4n) is 1.55. The highest BCUT2D eigenvalue weighted by molar-refractivity contribution is 9.10. The normalized spacial score (nSPS) is 10.6. The summed E-state index contributed by atoms with van der Waals surface area (Å²) in [4.78, 5) is 12.3. The van der Waals surface area contributed by atoms with Gasteiger partial charge in [-0.3, -0.25) is 4.79 Å². The summed E-state index contributed by atoms with van der Waals surface area (Å²) in [5.41, 5.74) is -0.119. The summed E-state index contributed by atoms with van der Waals surface area (Å²) in [6, 6.07) is 6.99. The first-order chi connectivity index (χ1) is 8.91. The monoisotopic (exact) mass is 380 g/mol. The molecular formula is C13H5BrCl3FO. The summed E-state index contributed by atoms with van der Waals surface area (Å²) in [6.45, 7) is 0. The fourth-order valence-corrected chi connectivity index (χ4v) is 2.59. The highest BCUT2D eigenvalue weighted by Crippen LogP contribution is 2.31. The average molecular weight is 382 g/mol. The van der Waals surface area contributed by atoms with Crippen LogP contribution < -0.4 is 0 Å². The van der Waals surface area contributed by atoms with E-state index < -0.39 is 11.6 Å². The molecule has 0 amide bonds. The van der Waals surface area contributed by atoms with Crippen molar-refractivity contribution >= 4 is 56.5 Å². The summed E-state index contributed by atoms with van der Waals surface area (Å²) in [7, 11) is 0. The molecule has 19 heavy (non-hydrogen) atoms. The maximum Gasteiger partial charge on any atom is 0.199 e. The van der Waals surface area contributed by atoms with Crippen molar-refractivity contribution in [3.63, 3.8) is 0 Å². The number of ketones is 1. The number of benzene rings is 2. The number of carbonyl (C=O) groups is 1. The van der Waals surface area contributed by atoms with Crippen molar-refractivity contribution in [3.05, 3.63) is 66.8 Å². The summed E-state index contributed by atoms with van der Waals surface area (Å²) in [5, 5.41) is 0.555. The van der Waals surface area contributed by atoms with Crippen LogP contribution in [0.3, 0.4) is 0 Å². The molecule has 98 valence electrons. The van der Waals surface area contributed by atoms with Gasteiger partial charge in [-0.2, -0.15) is 0 Å². The quantitative estimate of drug-likeness (QED) is 0.475. The molecule has 0 aliphatic carbocycles. The number of rotatable bonds is 2. The summed E-state index contributed by atoms with van der Waals surface area (Å²) < 4.78 is 14.2. The van der Waals surface area contributed by atoms with Gasteiger partial charge in [0, 0.05) is 4.47 Å². The van der Waals surface area contributed by atoms with E-state index in [4.69, 9.17) is 34.8 Å². The molecule has 0 bridgehead atoms. The fraction of sp³-hybridized carbons (Fsp3) is 0. The molecule has 6 heteroatoms. The van der Waals surface area contributed by atoms with Crippen LogP contribution in [-0.2, 0) is 0 Å². The van der Waals surface area contributed by atoms with Crippen molar-refractivity contribution in [2.75, 3.05) is 0 Å². The van der Waals surface area contributed by atoms with Crippen molar-refractivity contribution in [3.8, 4) is 0 Å². The molecule has 0 aliphatic rings. The Morgan fingerprint density at radius 1 is 1.05 bits per heavy atom. The molecule has 0 atom stereocenters. The molecule has 0 fully saturated rings. The van der Waals surface area contributed by atoms with E-state index in [0.717, 1.165) is 6.07 Å². The second-order valence-corrected chi connectivity index (χ2v) is 5.75. The third-order valence-electron chi connectivity index (χ3n) is 2.44. The highest BCUT2D eigenvalue weighted by atomic mass is 79.9. The minimum atomic E-state index is -0.697. The van der Waals surface area contributed by atoms with Gasteiger partial charge in [0.05, 0.1) is 26.2 Å². The number of hydrogen-bond acceptors (Lipinski definition) is 1. The van der Waals surface area contributed by atoms with E-state index in [2.05, 4.69) is 15.9 Å². The Morgan fingerprint density at radius 2 is 1.63 bits per heavy atom. The van der Waals surface area contributed by atoms with E-state index in [1.807, 2.05) is 0 Å². The van der Waals surface area contributed by atoms with Crippen molar-refractivity contribution in [1.29, 1.82) is 0 Å². The second-order valence-electron chi connectivity index (χ2n) is 3.67. The zero-order valence-electron chi connectivity index (χ0n) is 9.18. The Bertz CT molecular complexity index is 653. The van der Waals surface area contributed by atoms with Gasteiger partial charge in [-0.1, -0.05) is 40.9 Å². The lowest BCUT2D eigenvalue weighted by Gasteiger charge is -2.08. The summed E-state index contributed by atoms with van der Waals surface area (Å²) in [6.07, 6.45) is 0. The predicted molar refractivity (Wildman–Crippen MR) is 79.0 cm³/mol. The zero-order valence-corrected chi connectivity index (χ0v) is 13.0. The zero-order chi connectivity index (χ0) is 14.2. The molecule has 0 unspecified atom stereocenters. The van der Waals surface area contributed by atoms with Crippen molar-refractivity contribution in [2.45, 2.75) is 0 Å². The van der Waals surface area contributed by atoms with E-state index >= 15 is 0 Å². The van der Waals surface area contributed by atoms with Crippen LogP contribution in [0, 0.1) is 5.82 Å². The van der Waals surface area contributed by atoms with Gasteiger partial charge in [0.2, 0.25) is 0 Å². The minimum absolute atomic E-state index is 0.0584. The standard InChI is InChI=1S/C13H5BrCl3FO/c14-7-5-11(18)6(4-10(7)17)13(19)12-8(15)2-1-3-9(12)16/h1-5H. The molecular weight excluding hydrogens is 377 g/mol. The molecule has 0 aromatic heterocycles. The molecule has 0 heterocycles. The van der Waals surface area contributed by atoms with E-state index in [9.17, 15) is 9.18 Å². The van der Waals surface area contributed by atoms with E-state index in [0.29, 0.717) is 4.47 Å². The molecule has 0 spiro atoms. The first kappa shape index (κ1) is 14.8. The lowest BCUT2D eigenvalue weighted by atomic mass is 10.0. The van der Waals surface area contributed by atoms with Gasteiger partial charge in [-0.25, -0.2) is 4.39 Å². The lowest BCUT2D eigenvalue weighted by molar-refractivity contribution is 0.103. The number of halogens is 5. The van der Waals surface area contributed by atoms with Gasteiger partial charge in [-0.05, 0) is 40.2 Å². The van der Waals surface area contributed by atoms with Crippen LogP contribution in [0.15, 0.2) is 34.8 Å². The molecule has 2 aromatic rings. The topological polar surface area (TPSA) is 17.1 Å². The van der Waals surface area contributed by atoms with Crippen molar-refractivity contribution in [1.82, 2.24) is 0 Å². The van der Waals surface area contributed by atoms with Gasteiger partial charge in [0.1, 0.15) is 5.82 Å². The van der Waals surface area contributed by atoms with Crippen LogP contribution in [-0.4, -0.2) is 5.78 Å². The average Bonchev–Trinajstić information content (AvgIpc) is 2.33. The molecule has 0 radical (unpaired) electrons. The van der Waals surface area contributed by atoms with Gasteiger partial charge in [0.25, 0.3) is 0 Å². The predicted octanol–water partition coefficient (Wildman–Crippen LogP) is 5.78. The minimum Gasteiger partial charge on any atom is -0.288 e. The van der Waals surface area contributed by atoms with E-state index in [1.54, 1.807) is 6.07 Å². The molecule has 0 saturated carbocycles. The summed E-state index contributed by atoms with van der Waals surface area (Å²) >= 11 is 20.8. The Hall–Kier alpha value is -0.610. The molecule has 0 aliphatic heterocycles. The third-order valence-corrected chi connectivity index (χ3v) is 4.27. The van der Waals surface area contributed by atoms with Gasteiger partial charge >= 0.3 is 0 Å². The maximum absolute atomic E-state index is 13.8. The first-order valence-corrected chi connectivity index (χ1v) is 6.97. The van der Waals surface area contributed by atoms with Crippen molar-refractivity contribution < 1.29 is 9.18 Å². The third kappa shape index (κ3) is 2.95. The number of hydrogen-bond donors (Lipinski definition) is 0. The van der Waals surface area contributed by atoms with Crippen LogP contribution in [0.5, 0.6) is 0 Å². The largest absolute Gasteiger partial charge is 0.288 e. The Balaban J connectivity index is 2.60. The second kappa shape index (κ2) is 5.80. The molecule has 1 nitrogen and oxygen atoms in total. The van der Waals surface area contributed by atoms with Crippen LogP contribution in [0.1, 0.15) is 15.9 Å². The smallest absolute Gasteiger partial charge is 0.199 e. The van der Waals surface area contributed by atoms with Crippen molar-refractivity contribution in [2.24, 2.45) is 0 Å². The molecule has 0 N–H and O–H groups in total. The van der Waals surface area contributed by atoms with Crippen LogP contribution in [0.4, 0.5) is 4.39 Å². The Kier molecular flexibility index (Phi) is 4.51. The summed E-state index contributed by atoms with van der Waals surface area (Å²) in [5.74, 6) is -1.31. The van der Waals surface area contributed by atoms with Gasteiger partial charge in [-0.15, -0.1) is 0 Å². The Labute approximate surface area is 132 Å². The van der Waals surface area contributed by atoms with Crippen LogP contribution in [0.2, 0.25) is 15.1 Å². The highest BCUT2D eigenvalue weighted by Gasteiger charge is 2.21. The lowest BCUT2D eigenvalue weighted by Crippen LogP contribution is -2.06. The van der Waals surface area contributed by atoms with Gasteiger partial charge in [0.15, 0.2) is 5.78 Å². The maximum atomic E-state index is 13.8. The SMILES string of the molecule is O=C(c1cc(Cl)c(Br)cc1F)c1c(Cl)cccc1Cl. The molecule has 0 saturated heterocycles. The molecule has 2 rings (SSSR count). The van der Waals surface area contributed by atoms with Crippen LogP contribution in [0.25, 0.3) is 0 Å². The Morgan fingerprint density at radius 3 is 2.21 bits per heavy atom. The first-order valence-electron chi connectivity index (χ1n) is 5.05. The van der Waals surface area contributed by atoms with Crippen LogP contribution >= 0.6 is 50.7 Å². The number of carbonyl (C=O) groups excluding carboxylic acids is 1.